The zero-order valence-corrected chi connectivity index (χ0v) is 5.27. The second-order valence-corrected chi connectivity index (χ2v) is 1.73. The Morgan fingerprint density at radius 1 is 1.18 bits per heavy atom. The Labute approximate surface area is 58.7 Å². The van der Waals surface area contributed by atoms with Gasteiger partial charge in [0.25, 0.3) is 0 Å². The molecule has 11 heavy (non-hydrogen) atoms. The molecule has 0 aliphatic heterocycles. The SMILES string of the molecule is CC(F)(C(=O)OF)C(=O)OF. The summed E-state index contributed by atoms with van der Waals surface area (Å²) < 4.78 is 34.4. The molecule has 0 aromatic carbocycles. The molecule has 0 bridgehead atoms. The number of rotatable bonds is 2. The van der Waals surface area contributed by atoms with Gasteiger partial charge < -0.3 is 0 Å². The van der Waals surface area contributed by atoms with E-state index in [1.165, 1.54) is 0 Å². The average Bonchev–Trinajstić information content (AvgIpc) is 2.01. The van der Waals surface area contributed by atoms with E-state index in [1.54, 1.807) is 0 Å². The molecular weight excluding hydrogens is 169 g/mol. The van der Waals surface area contributed by atoms with Crippen LogP contribution in [0.3, 0.4) is 0 Å². The first-order valence-corrected chi connectivity index (χ1v) is 2.31. The lowest BCUT2D eigenvalue weighted by molar-refractivity contribution is -0.216. The van der Waals surface area contributed by atoms with Gasteiger partial charge >= 0.3 is 17.6 Å². The van der Waals surface area contributed by atoms with E-state index in [0.29, 0.717) is 6.92 Å². The molecule has 0 amide bonds. The van der Waals surface area contributed by atoms with Gasteiger partial charge in [-0.3, -0.25) is 9.88 Å². The summed E-state index contributed by atoms with van der Waals surface area (Å²) in [5.41, 5.74) is -3.45. The summed E-state index contributed by atoms with van der Waals surface area (Å²) in [6.07, 6.45) is 0. The van der Waals surface area contributed by atoms with Gasteiger partial charge in [-0.25, -0.2) is 14.0 Å². The topological polar surface area (TPSA) is 52.6 Å². The Hall–Kier alpha value is -1.27. The predicted octanol–water partition coefficient (Wildman–Crippen LogP) is 0.570. The van der Waals surface area contributed by atoms with Gasteiger partial charge in [0.2, 0.25) is 0 Å². The summed E-state index contributed by atoms with van der Waals surface area (Å²) in [5, 5.41) is 0. The van der Waals surface area contributed by atoms with Crippen molar-refractivity contribution in [3.05, 3.63) is 0 Å². The number of carbonyl (C=O) groups is 2. The van der Waals surface area contributed by atoms with Gasteiger partial charge in [0, 0.05) is 9.05 Å². The first kappa shape index (κ1) is 9.73. The zero-order chi connectivity index (χ0) is 9.07. The van der Waals surface area contributed by atoms with Crippen LogP contribution in [0.5, 0.6) is 0 Å². The summed E-state index contributed by atoms with van der Waals surface area (Å²) in [5.74, 6) is -4.33. The lowest BCUT2D eigenvalue weighted by Crippen LogP contribution is -2.39. The fourth-order valence-corrected chi connectivity index (χ4v) is 0.228. The predicted molar refractivity (Wildman–Crippen MR) is 23.9 cm³/mol. The fourth-order valence-electron chi connectivity index (χ4n) is 0.228. The summed E-state index contributed by atoms with van der Waals surface area (Å²) >= 11 is 0. The van der Waals surface area contributed by atoms with Crippen molar-refractivity contribution in [3.63, 3.8) is 0 Å². The molecule has 7 heteroatoms. The number of hydrogen-bond acceptors (Lipinski definition) is 4. The molecule has 0 saturated heterocycles. The highest BCUT2D eigenvalue weighted by molar-refractivity contribution is 6.02. The van der Waals surface area contributed by atoms with E-state index in [0.717, 1.165) is 0 Å². The van der Waals surface area contributed by atoms with Crippen molar-refractivity contribution in [1.29, 1.82) is 0 Å². The van der Waals surface area contributed by atoms with Crippen LogP contribution in [0.4, 0.5) is 13.4 Å². The third-order valence-corrected chi connectivity index (χ3v) is 0.907. The van der Waals surface area contributed by atoms with E-state index in [1.807, 2.05) is 0 Å². The number of halogens is 3. The van der Waals surface area contributed by atoms with Gasteiger partial charge in [-0.1, -0.05) is 0 Å². The molecule has 0 heterocycles. The second kappa shape index (κ2) is 3.22. The van der Waals surface area contributed by atoms with E-state index in [2.05, 4.69) is 9.88 Å². The summed E-state index contributed by atoms with van der Waals surface area (Å²) in [4.78, 5) is 24.7. The van der Waals surface area contributed by atoms with Crippen LogP contribution in [0, 0.1) is 0 Å². The van der Waals surface area contributed by atoms with Crippen LogP contribution in [-0.4, -0.2) is 17.6 Å². The minimum atomic E-state index is -3.45. The molecule has 4 nitrogen and oxygen atoms in total. The van der Waals surface area contributed by atoms with Crippen molar-refractivity contribution >= 4 is 11.9 Å². The Bertz CT molecular complexity index is 160. The van der Waals surface area contributed by atoms with Crippen molar-refractivity contribution in [2.75, 3.05) is 0 Å². The Morgan fingerprint density at radius 3 is 1.64 bits per heavy atom. The van der Waals surface area contributed by atoms with Crippen LogP contribution in [0.15, 0.2) is 0 Å². The van der Waals surface area contributed by atoms with Crippen molar-refractivity contribution < 1.29 is 32.9 Å². The first-order valence-electron chi connectivity index (χ1n) is 2.31. The molecule has 0 fully saturated rings. The molecule has 0 aliphatic rings. The van der Waals surface area contributed by atoms with E-state index in [9.17, 15) is 23.0 Å². The Kier molecular flexibility index (Phi) is 2.85. The van der Waals surface area contributed by atoms with Crippen molar-refractivity contribution in [3.8, 4) is 0 Å². The van der Waals surface area contributed by atoms with Crippen LogP contribution >= 0.6 is 0 Å². The summed E-state index contributed by atoms with van der Waals surface area (Å²) in [6, 6.07) is 0. The molecule has 0 radical (unpaired) electrons. The molecular formula is C4H3F3O4. The van der Waals surface area contributed by atoms with Gasteiger partial charge in [0.15, 0.2) is 0 Å². The van der Waals surface area contributed by atoms with Gasteiger partial charge in [-0.05, 0) is 6.92 Å². The highest BCUT2D eigenvalue weighted by Crippen LogP contribution is 2.14. The molecule has 0 atom stereocenters. The largest absolute Gasteiger partial charge is 0.397 e. The lowest BCUT2D eigenvalue weighted by atomic mass is 10.1. The molecule has 0 unspecified atom stereocenters. The average molecular weight is 172 g/mol. The number of hydrogen-bond donors (Lipinski definition) is 0. The molecule has 0 saturated carbocycles. The quantitative estimate of drug-likeness (QED) is 0.571. The van der Waals surface area contributed by atoms with Crippen LogP contribution in [0.25, 0.3) is 0 Å². The van der Waals surface area contributed by atoms with Crippen LogP contribution in [0.1, 0.15) is 6.92 Å². The highest BCUT2D eigenvalue weighted by atomic mass is 19.3. The maximum atomic E-state index is 12.4. The smallest absolute Gasteiger partial charge is 0.251 e. The third-order valence-electron chi connectivity index (χ3n) is 0.907. The second-order valence-electron chi connectivity index (χ2n) is 1.73. The standard InChI is InChI=1S/C4H3F3O4/c1-4(5,2(8)10-6)3(9)11-7/h1H3. The van der Waals surface area contributed by atoms with Crippen molar-refractivity contribution in [2.45, 2.75) is 12.6 Å². The minimum absolute atomic E-state index is 0.302. The number of carbonyl (C=O) groups excluding carboxylic acids is 2. The molecule has 0 spiro atoms. The fraction of sp³-hybridized carbons (Fsp3) is 0.500. The zero-order valence-electron chi connectivity index (χ0n) is 5.27. The summed E-state index contributed by atoms with van der Waals surface area (Å²) in [6.45, 7) is 0.302. The molecule has 0 aliphatic carbocycles. The van der Waals surface area contributed by atoms with E-state index in [-0.39, 0.29) is 0 Å². The molecule has 64 valence electrons. The minimum Gasteiger partial charge on any atom is -0.251 e. The normalized spacial score (nSPS) is 10.5. The molecule has 0 rings (SSSR count). The van der Waals surface area contributed by atoms with E-state index >= 15 is 0 Å². The maximum Gasteiger partial charge on any atom is 0.397 e. The molecule has 0 aromatic rings. The Morgan fingerprint density at radius 2 is 1.45 bits per heavy atom. The first-order chi connectivity index (χ1) is 4.96. The molecule has 0 N–H and O–H groups in total. The number of alkyl halides is 1. The third kappa shape index (κ3) is 1.82. The van der Waals surface area contributed by atoms with Crippen LogP contribution in [0.2, 0.25) is 0 Å². The monoisotopic (exact) mass is 172 g/mol. The molecule has 0 aromatic heterocycles. The van der Waals surface area contributed by atoms with Crippen LogP contribution in [-0.2, 0) is 19.5 Å². The Balaban J connectivity index is 4.44. The van der Waals surface area contributed by atoms with Gasteiger partial charge in [0.1, 0.15) is 0 Å². The van der Waals surface area contributed by atoms with Gasteiger partial charge in [-0.15, -0.1) is 0 Å². The lowest BCUT2D eigenvalue weighted by Gasteiger charge is -2.08. The highest BCUT2D eigenvalue weighted by Gasteiger charge is 2.47. The van der Waals surface area contributed by atoms with Gasteiger partial charge in [-0.2, -0.15) is 0 Å². The van der Waals surface area contributed by atoms with E-state index in [4.69, 9.17) is 0 Å². The van der Waals surface area contributed by atoms with Crippen molar-refractivity contribution in [1.82, 2.24) is 0 Å². The van der Waals surface area contributed by atoms with Crippen LogP contribution < -0.4 is 0 Å². The summed E-state index contributed by atoms with van der Waals surface area (Å²) in [7, 11) is 0. The maximum absolute atomic E-state index is 12.4. The van der Waals surface area contributed by atoms with Crippen molar-refractivity contribution in [2.24, 2.45) is 0 Å². The van der Waals surface area contributed by atoms with Gasteiger partial charge in [0.05, 0.1) is 0 Å². The van der Waals surface area contributed by atoms with E-state index < -0.39 is 17.6 Å².